The van der Waals surface area contributed by atoms with Crippen LogP contribution in [0.5, 0.6) is 0 Å². The van der Waals surface area contributed by atoms with Crippen molar-refractivity contribution in [3.8, 4) is 0 Å². The number of hydrogen-bond donors (Lipinski definition) is 2. The molecule has 2 aromatic rings. The molecule has 0 aliphatic carbocycles. The lowest BCUT2D eigenvalue weighted by molar-refractivity contribution is 0.122. The van der Waals surface area contributed by atoms with Crippen LogP contribution in [0, 0.1) is 0 Å². The molecular weight excluding hydrogens is 304 g/mol. The maximum atomic E-state index is 11.8. The molecule has 1 fully saturated rings. The van der Waals surface area contributed by atoms with Crippen molar-refractivity contribution in [3.05, 3.63) is 29.4 Å². The van der Waals surface area contributed by atoms with Gasteiger partial charge in [-0.3, -0.25) is 5.32 Å². The Bertz CT molecular complexity index is 615. The van der Waals surface area contributed by atoms with Crippen LogP contribution in [0.3, 0.4) is 0 Å². The second kappa shape index (κ2) is 7.14. The van der Waals surface area contributed by atoms with Crippen molar-refractivity contribution in [2.45, 2.75) is 6.54 Å². The summed E-state index contributed by atoms with van der Waals surface area (Å²) in [6.07, 6.45) is 1.76. The van der Waals surface area contributed by atoms with Gasteiger partial charge in [0, 0.05) is 31.4 Å². The third-order valence-corrected chi connectivity index (χ3v) is 3.80. The Labute approximate surface area is 131 Å². The molecule has 0 atom stereocenters. The van der Waals surface area contributed by atoms with Crippen molar-refractivity contribution in [2.75, 3.05) is 36.5 Å². The Morgan fingerprint density at radius 2 is 2.27 bits per heavy atom. The van der Waals surface area contributed by atoms with Gasteiger partial charge in [-0.15, -0.1) is 10.2 Å². The van der Waals surface area contributed by atoms with E-state index in [1.165, 1.54) is 11.3 Å². The molecule has 0 unspecified atom stereocenters. The Kier molecular flexibility index (Phi) is 4.76. The van der Waals surface area contributed by atoms with Gasteiger partial charge >= 0.3 is 6.03 Å². The summed E-state index contributed by atoms with van der Waals surface area (Å²) < 4.78 is 5.36. The Morgan fingerprint density at radius 1 is 1.41 bits per heavy atom. The number of rotatable bonds is 4. The SMILES string of the molecule is O=C(NCc1cccnc1N1CCOCC1)Nc1nncs1. The number of morpholine rings is 1. The lowest BCUT2D eigenvalue weighted by atomic mass is 10.2. The van der Waals surface area contributed by atoms with Gasteiger partial charge in [0.05, 0.1) is 13.2 Å². The zero-order chi connectivity index (χ0) is 15.2. The Hall–Kier alpha value is -2.26. The van der Waals surface area contributed by atoms with Gasteiger partial charge < -0.3 is 15.0 Å². The minimum atomic E-state index is -0.312. The average Bonchev–Trinajstić information content (AvgIpc) is 3.07. The summed E-state index contributed by atoms with van der Waals surface area (Å²) in [5, 5.41) is 13.3. The number of amides is 2. The molecule has 3 heterocycles. The van der Waals surface area contributed by atoms with Crippen LogP contribution in [0.1, 0.15) is 5.56 Å². The molecule has 0 bridgehead atoms. The van der Waals surface area contributed by atoms with Crippen molar-refractivity contribution in [1.29, 1.82) is 0 Å². The fraction of sp³-hybridized carbons (Fsp3) is 0.385. The summed E-state index contributed by atoms with van der Waals surface area (Å²) in [7, 11) is 0. The number of carbonyl (C=O) groups is 1. The molecule has 1 aliphatic rings. The number of anilines is 2. The molecular formula is C13H16N6O2S. The van der Waals surface area contributed by atoms with E-state index < -0.39 is 0 Å². The maximum absolute atomic E-state index is 11.8. The monoisotopic (exact) mass is 320 g/mol. The van der Waals surface area contributed by atoms with Crippen LogP contribution in [0.4, 0.5) is 15.7 Å². The van der Waals surface area contributed by atoms with Crippen LogP contribution in [0.15, 0.2) is 23.8 Å². The van der Waals surface area contributed by atoms with E-state index in [2.05, 4.69) is 30.7 Å². The standard InChI is InChI=1S/C13H16N6O2S/c20-12(17-13-18-16-9-22-13)15-8-10-2-1-3-14-11(10)19-4-6-21-7-5-19/h1-3,9H,4-8H2,(H2,15,17,18,20). The Morgan fingerprint density at radius 3 is 3.05 bits per heavy atom. The minimum Gasteiger partial charge on any atom is -0.378 e. The zero-order valence-corrected chi connectivity index (χ0v) is 12.7. The van der Waals surface area contributed by atoms with E-state index in [0.717, 1.165) is 24.5 Å². The quantitative estimate of drug-likeness (QED) is 0.876. The highest BCUT2D eigenvalue weighted by atomic mass is 32.1. The van der Waals surface area contributed by atoms with Gasteiger partial charge in [0.15, 0.2) is 0 Å². The van der Waals surface area contributed by atoms with E-state index in [9.17, 15) is 4.79 Å². The molecule has 116 valence electrons. The third kappa shape index (κ3) is 3.68. The lowest BCUT2D eigenvalue weighted by Crippen LogP contribution is -2.38. The van der Waals surface area contributed by atoms with E-state index in [0.29, 0.717) is 24.9 Å². The molecule has 0 spiro atoms. The number of carbonyl (C=O) groups excluding carboxylic acids is 1. The summed E-state index contributed by atoms with van der Waals surface area (Å²) in [6.45, 7) is 3.40. The number of aromatic nitrogens is 3. The average molecular weight is 320 g/mol. The second-order valence-electron chi connectivity index (χ2n) is 4.64. The van der Waals surface area contributed by atoms with Crippen LogP contribution in [0.2, 0.25) is 0 Å². The summed E-state index contributed by atoms with van der Waals surface area (Å²) >= 11 is 1.27. The highest BCUT2D eigenvalue weighted by Gasteiger charge is 2.16. The third-order valence-electron chi connectivity index (χ3n) is 3.20. The molecule has 2 aromatic heterocycles. The van der Waals surface area contributed by atoms with Gasteiger partial charge in [0.2, 0.25) is 5.13 Å². The zero-order valence-electron chi connectivity index (χ0n) is 11.9. The fourth-order valence-corrected chi connectivity index (χ4v) is 2.61. The molecule has 3 rings (SSSR count). The lowest BCUT2D eigenvalue weighted by Gasteiger charge is -2.29. The molecule has 8 nitrogen and oxygen atoms in total. The molecule has 9 heteroatoms. The van der Waals surface area contributed by atoms with E-state index in [1.807, 2.05) is 12.1 Å². The summed E-state index contributed by atoms with van der Waals surface area (Å²) in [5.74, 6) is 0.891. The first-order valence-corrected chi connectivity index (χ1v) is 7.78. The summed E-state index contributed by atoms with van der Waals surface area (Å²) in [6, 6.07) is 3.51. The molecule has 2 N–H and O–H groups in total. The van der Waals surface area contributed by atoms with Crippen LogP contribution in [0.25, 0.3) is 0 Å². The predicted molar refractivity (Wildman–Crippen MR) is 83.0 cm³/mol. The number of ether oxygens (including phenoxy) is 1. The molecule has 2 amide bonds. The second-order valence-corrected chi connectivity index (χ2v) is 5.47. The van der Waals surface area contributed by atoms with Gasteiger partial charge in [0.1, 0.15) is 11.3 Å². The van der Waals surface area contributed by atoms with E-state index in [1.54, 1.807) is 11.7 Å². The smallest absolute Gasteiger partial charge is 0.321 e. The van der Waals surface area contributed by atoms with Gasteiger partial charge in [-0.05, 0) is 6.07 Å². The first kappa shape index (κ1) is 14.7. The highest BCUT2D eigenvalue weighted by molar-refractivity contribution is 7.13. The van der Waals surface area contributed by atoms with Gasteiger partial charge in [-0.2, -0.15) is 0 Å². The number of nitrogens with one attached hydrogen (secondary N) is 2. The largest absolute Gasteiger partial charge is 0.378 e. The Balaban J connectivity index is 1.61. The van der Waals surface area contributed by atoms with Gasteiger partial charge in [0.25, 0.3) is 0 Å². The first-order chi connectivity index (χ1) is 10.8. The van der Waals surface area contributed by atoms with Crippen molar-refractivity contribution in [1.82, 2.24) is 20.5 Å². The minimum absolute atomic E-state index is 0.312. The van der Waals surface area contributed by atoms with Crippen molar-refractivity contribution < 1.29 is 9.53 Å². The molecule has 0 saturated carbocycles. The number of pyridine rings is 1. The van der Waals surface area contributed by atoms with Crippen molar-refractivity contribution in [2.24, 2.45) is 0 Å². The topological polar surface area (TPSA) is 92.3 Å². The summed E-state index contributed by atoms with van der Waals surface area (Å²) in [4.78, 5) is 18.4. The van der Waals surface area contributed by atoms with E-state index in [4.69, 9.17) is 4.74 Å². The molecule has 1 aliphatic heterocycles. The molecule has 0 aromatic carbocycles. The number of hydrogen-bond acceptors (Lipinski definition) is 7. The molecule has 1 saturated heterocycles. The molecule has 0 radical (unpaired) electrons. The van der Waals surface area contributed by atoms with Crippen LogP contribution in [-0.2, 0) is 11.3 Å². The van der Waals surface area contributed by atoms with Gasteiger partial charge in [-0.1, -0.05) is 17.4 Å². The normalized spacial score (nSPS) is 14.6. The van der Waals surface area contributed by atoms with Crippen molar-refractivity contribution >= 4 is 28.3 Å². The fourth-order valence-electron chi connectivity index (χ4n) is 2.17. The van der Waals surface area contributed by atoms with Gasteiger partial charge in [-0.25, -0.2) is 9.78 Å². The van der Waals surface area contributed by atoms with E-state index in [-0.39, 0.29) is 6.03 Å². The van der Waals surface area contributed by atoms with Crippen molar-refractivity contribution in [3.63, 3.8) is 0 Å². The molecule has 22 heavy (non-hydrogen) atoms. The highest BCUT2D eigenvalue weighted by Crippen LogP contribution is 2.18. The predicted octanol–water partition coefficient (Wildman–Crippen LogP) is 1.09. The summed E-state index contributed by atoms with van der Waals surface area (Å²) in [5.41, 5.74) is 2.53. The first-order valence-electron chi connectivity index (χ1n) is 6.90. The van der Waals surface area contributed by atoms with E-state index >= 15 is 0 Å². The number of nitrogens with zero attached hydrogens (tertiary/aromatic N) is 4. The number of urea groups is 1. The van der Waals surface area contributed by atoms with Crippen LogP contribution in [-0.4, -0.2) is 47.5 Å². The maximum Gasteiger partial charge on any atom is 0.321 e. The van der Waals surface area contributed by atoms with Crippen LogP contribution < -0.4 is 15.5 Å². The van der Waals surface area contributed by atoms with Crippen LogP contribution >= 0.6 is 11.3 Å².